The Morgan fingerprint density at radius 3 is 2.91 bits per heavy atom. The smallest absolute Gasteiger partial charge is 0.260 e. The average Bonchev–Trinajstić information content (AvgIpc) is 3.02. The van der Waals surface area contributed by atoms with Crippen molar-refractivity contribution >= 4 is 17.6 Å². The molecule has 1 amide bonds. The number of piperidine rings is 1. The quantitative estimate of drug-likeness (QED) is 0.919. The van der Waals surface area contributed by atoms with Gasteiger partial charge in [-0.2, -0.15) is 4.37 Å². The molecule has 1 aromatic carbocycles. The van der Waals surface area contributed by atoms with E-state index in [1.165, 1.54) is 12.1 Å². The standard InChI is InChI=1S/C15H16FN3O3S/c16-11-3-1-2-10(8-11)14-15(18-23-17-14)22-9-13(21)19-6-4-12(20)5-7-19/h1-3,8,12,20H,4-7,9H2. The molecule has 1 aliphatic rings. The first-order valence-electron chi connectivity index (χ1n) is 7.30. The molecule has 1 N–H and O–H groups in total. The van der Waals surface area contributed by atoms with Crippen LogP contribution in [0.15, 0.2) is 24.3 Å². The minimum absolute atomic E-state index is 0.149. The van der Waals surface area contributed by atoms with Crippen molar-refractivity contribution in [2.45, 2.75) is 18.9 Å². The van der Waals surface area contributed by atoms with E-state index < -0.39 is 0 Å². The van der Waals surface area contributed by atoms with E-state index in [2.05, 4.69) is 8.75 Å². The van der Waals surface area contributed by atoms with Gasteiger partial charge in [0.25, 0.3) is 11.8 Å². The van der Waals surface area contributed by atoms with Gasteiger partial charge in [0.15, 0.2) is 6.61 Å². The van der Waals surface area contributed by atoms with Crippen LogP contribution in [0.5, 0.6) is 5.88 Å². The van der Waals surface area contributed by atoms with Gasteiger partial charge < -0.3 is 14.7 Å². The van der Waals surface area contributed by atoms with Crippen LogP contribution < -0.4 is 4.74 Å². The van der Waals surface area contributed by atoms with Gasteiger partial charge in [0.1, 0.15) is 11.5 Å². The van der Waals surface area contributed by atoms with Crippen molar-refractivity contribution in [3.05, 3.63) is 30.1 Å². The van der Waals surface area contributed by atoms with Crippen molar-refractivity contribution in [2.24, 2.45) is 0 Å². The molecule has 8 heteroatoms. The summed E-state index contributed by atoms with van der Waals surface area (Å²) in [5, 5.41) is 9.46. The van der Waals surface area contributed by atoms with E-state index in [1.807, 2.05) is 0 Å². The fraction of sp³-hybridized carbons (Fsp3) is 0.400. The minimum atomic E-state index is -0.371. The Balaban J connectivity index is 1.63. The summed E-state index contributed by atoms with van der Waals surface area (Å²) in [5.74, 6) is -0.300. The number of aromatic nitrogens is 2. The Bertz CT molecular complexity index is 686. The molecule has 0 atom stereocenters. The molecule has 2 aromatic rings. The van der Waals surface area contributed by atoms with Crippen molar-refractivity contribution in [3.8, 4) is 17.1 Å². The van der Waals surface area contributed by atoms with Crippen LogP contribution in [-0.2, 0) is 4.79 Å². The zero-order chi connectivity index (χ0) is 16.2. The maximum Gasteiger partial charge on any atom is 0.260 e. The van der Waals surface area contributed by atoms with Gasteiger partial charge in [-0.1, -0.05) is 12.1 Å². The first kappa shape index (κ1) is 15.8. The number of hydrogen-bond acceptors (Lipinski definition) is 6. The van der Waals surface area contributed by atoms with Crippen LogP contribution in [0.4, 0.5) is 4.39 Å². The predicted octanol–water partition coefficient (Wildman–Crippen LogP) is 1.71. The topological polar surface area (TPSA) is 75.5 Å². The molecule has 6 nitrogen and oxygen atoms in total. The van der Waals surface area contributed by atoms with Gasteiger partial charge in [-0.3, -0.25) is 4.79 Å². The number of hydrogen-bond donors (Lipinski definition) is 1. The van der Waals surface area contributed by atoms with E-state index in [1.54, 1.807) is 17.0 Å². The second kappa shape index (κ2) is 7.01. The molecule has 0 saturated carbocycles. The number of ether oxygens (including phenoxy) is 1. The van der Waals surface area contributed by atoms with Crippen molar-refractivity contribution in [2.75, 3.05) is 19.7 Å². The molecule has 3 rings (SSSR count). The molecule has 2 heterocycles. The summed E-state index contributed by atoms with van der Waals surface area (Å²) in [5.41, 5.74) is 0.985. The van der Waals surface area contributed by atoms with Crippen molar-refractivity contribution in [3.63, 3.8) is 0 Å². The molecule has 1 saturated heterocycles. The number of benzene rings is 1. The fourth-order valence-corrected chi connectivity index (χ4v) is 2.94. The number of rotatable bonds is 4. The molecule has 0 unspecified atom stereocenters. The van der Waals surface area contributed by atoms with E-state index in [-0.39, 0.29) is 30.3 Å². The summed E-state index contributed by atoms with van der Waals surface area (Å²) in [4.78, 5) is 13.8. The number of amides is 1. The Morgan fingerprint density at radius 1 is 1.39 bits per heavy atom. The summed E-state index contributed by atoms with van der Waals surface area (Å²) >= 11 is 0.949. The molecule has 0 spiro atoms. The summed E-state index contributed by atoms with van der Waals surface area (Å²) in [6.07, 6.45) is 0.833. The third-order valence-electron chi connectivity index (χ3n) is 3.71. The second-order valence-corrected chi connectivity index (χ2v) is 5.86. The molecule has 122 valence electrons. The number of aliphatic hydroxyl groups excluding tert-OH is 1. The zero-order valence-corrected chi connectivity index (χ0v) is 13.1. The lowest BCUT2D eigenvalue weighted by molar-refractivity contribution is -0.135. The molecular weight excluding hydrogens is 321 g/mol. The summed E-state index contributed by atoms with van der Waals surface area (Å²) in [6, 6.07) is 5.98. The molecule has 0 radical (unpaired) electrons. The maximum atomic E-state index is 13.3. The van der Waals surface area contributed by atoms with Crippen LogP contribution in [0.3, 0.4) is 0 Å². The van der Waals surface area contributed by atoms with E-state index >= 15 is 0 Å². The monoisotopic (exact) mass is 337 g/mol. The highest BCUT2D eigenvalue weighted by Gasteiger charge is 2.22. The Labute approximate surface area is 136 Å². The maximum absolute atomic E-state index is 13.3. The molecule has 23 heavy (non-hydrogen) atoms. The Kier molecular flexibility index (Phi) is 4.82. The lowest BCUT2D eigenvalue weighted by Crippen LogP contribution is -2.42. The number of likely N-dealkylation sites (tertiary alicyclic amines) is 1. The van der Waals surface area contributed by atoms with Crippen LogP contribution >= 0.6 is 11.7 Å². The number of carbonyl (C=O) groups is 1. The van der Waals surface area contributed by atoms with Gasteiger partial charge in [0, 0.05) is 18.7 Å². The van der Waals surface area contributed by atoms with Crippen LogP contribution in [0, 0.1) is 5.82 Å². The SMILES string of the molecule is O=C(COc1nsnc1-c1cccc(F)c1)N1CCC(O)CC1. The van der Waals surface area contributed by atoms with Crippen LogP contribution in [0.2, 0.25) is 0 Å². The first-order chi connectivity index (χ1) is 11.1. The molecule has 1 fully saturated rings. The van der Waals surface area contributed by atoms with Crippen molar-refractivity contribution in [1.29, 1.82) is 0 Å². The Hall–Kier alpha value is -2.06. The molecular formula is C15H16FN3O3S. The summed E-state index contributed by atoms with van der Waals surface area (Å²) in [7, 11) is 0. The van der Waals surface area contributed by atoms with Crippen molar-refractivity contribution in [1.82, 2.24) is 13.6 Å². The van der Waals surface area contributed by atoms with E-state index in [9.17, 15) is 14.3 Å². The number of nitrogens with zero attached hydrogens (tertiary/aromatic N) is 3. The normalized spacial score (nSPS) is 15.7. The third-order valence-corrected chi connectivity index (χ3v) is 4.22. The first-order valence-corrected chi connectivity index (χ1v) is 8.03. The number of halogens is 1. The van der Waals surface area contributed by atoms with Crippen LogP contribution in [-0.4, -0.2) is 50.5 Å². The third kappa shape index (κ3) is 3.83. The Morgan fingerprint density at radius 2 is 2.17 bits per heavy atom. The predicted molar refractivity (Wildman–Crippen MR) is 82.6 cm³/mol. The molecule has 0 aliphatic carbocycles. The second-order valence-electron chi connectivity index (χ2n) is 5.33. The fourth-order valence-electron chi connectivity index (χ4n) is 2.42. The lowest BCUT2D eigenvalue weighted by Gasteiger charge is -2.29. The zero-order valence-electron chi connectivity index (χ0n) is 12.3. The van der Waals surface area contributed by atoms with Crippen molar-refractivity contribution < 1.29 is 19.0 Å². The minimum Gasteiger partial charge on any atom is -0.465 e. The lowest BCUT2D eigenvalue weighted by atomic mass is 10.1. The highest BCUT2D eigenvalue weighted by molar-refractivity contribution is 6.99. The van der Waals surface area contributed by atoms with Crippen LogP contribution in [0.25, 0.3) is 11.3 Å². The van der Waals surface area contributed by atoms with E-state index in [4.69, 9.17) is 4.74 Å². The van der Waals surface area contributed by atoms with Gasteiger partial charge in [-0.15, -0.1) is 4.37 Å². The van der Waals surface area contributed by atoms with Gasteiger partial charge in [-0.05, 0) is 25.0 Å². The molecule has 1 aromatic heterocycles. The average molecular weight is 337 g/mol. The van der Waals surface area contributed by atoms with E-state index in [0.29, 0.717) is 37.2 Å². The molecule has 0 bridgehead atoms. The summed E-state index contributed by atoms with van der Waals surface area (Å²) in [6.45, 7) is 0.898. The number of aliphatic hydroxyl groups is 1. The van der Waals surface area contributed by atoms with Gasteiger partial charge >= 0.3 is 0 Å². The van der Waals surface area contributed by atoms with Gasteiger partial charge in [-0.25, -0.2) is 4.39 Å². The largest absolute Gasteiger partial charge is 0.465 e. The highest BCUT2D eigenvalue weighted by atomic mass is 32.1. The number of carbonyl (C=O) groups excluding carboxylic acids is 1. The summed E-state index contributed by atoms with van der Waals surface area (Å²) < 4.78 is 26.9. The van der Waals surface area contributed by atoms with Crippen LogP contribution in [0.1, 0.15) is 12.8 Å². The van der Waals surface area contributed by atoms with Gasteiger partial charge in [0.2, 0.25) is 0 Å². The van der Waals surface area contributed by atoms with E-state index in [0.717, 1.165) is 11.7 Å². The molecule has 1 aliphatic heterocycles. The van der Waals surface area contributed by atoms with Gasteiger partial charge in [0.05, 0.1) is 17.8 Å². The highest BCUT2D eigenvalue weighted by Crippen LogP contribution is 2.28.